The van der Waals surface area contributed by atoms with Gasteiger partial charge in [-0.3, -0.25) is 0 Å². The molecule has 2 heterocycles. The molecule has 2 nitrogen and oxygen atoms in total. The molecule has 0 spiro atoms. The number of anilines is 3. The highest BCUT2D eigenvalue weighted by molar-refractivity contribution is 7.25. The first-order valence-electron chi connectivity index (χ1n) is 21.2. The van der Waals surface area contributed by atoms with E-state index in [1.54, 1.807) is 0 Å². The molecule has 3 heteroatoms. The molecule has 12 rings (SSSR count). The van der Waals surface area contributed by atoms with Crippen molar-refractivity contribution in [2.75, 3.05) is 4.90 Å². The van der Waals surface area contributed by atoms with E-state index in [9.17, 15) is 0 Å². The lowest BCUT2D eigenvalue weighted by molar-refractivity contribution is 0.660. The van der Waals surface area contributed by atoms with Gasteiger partial charge < -0.3 is 9.47 Å². The van der Waals surface area contributed by atoms with Gasteiger partial charge in [0.15, 0.2) is 0 Å². The number of benzene rings is 9. The molecule has 61 heavy (non-hydrogen) atoms. The predicted molar refractivity (Wildman–Crippen MR) is 262 cm³/mol. The van der Waals surface area contributed by atoms with Crippen molar-refractivity contribution in [2.45, 2.75) is 26.2 Å². The van der Waals surface area contributed by atoms with Crippen LogP contribution in [0.2, 0.25) is 0 Å². The summed E-state index contributed by atoms with van der Waals surface area (Å²) in [6, 6.07) is 74.2. The Bertz CT molecular complexity index is 3510. The topological polar surface area (TPSA) is 8.17 Å². The van der Waals surface area contributed by atoms with Gasteiger partial charge in [-0.15, -0.1) is 11.3 Å². The highest BCUT2D eigenvalue weighted by Gasteiger charge is 2.35. The van der Waals surface area contributed by atoms with Crippen molar-refractivity contribution in [1.29, 1.82) is 0 Å². The van der Waals surface area contributed by atoms with Crippen LogP contribution in [-0.4, -0.2) is 4.57 Å². The van der Waals surface area contributed by atoms with Gasteiger partial charge in [-0.25, -0.2) is 0 Å². The van der Waals surface area contributed by atoms with Crippen molar-refractivity contribution >= 4 is 70.4 Å². The van der Waals surface area contributed by atoms with E-state index in [0.29, 0.717) is 0 Å². The zero-order chi connectivity index (χ0) is 40.8. The lowest BCUT2D eigenvalue weighted by atomic mass is 9.82. The van der Waals surface area contributed by atoms with E-state index in [1.165, 1.54) is 97.7 Å². The van der Waals surface area contributed by atoms with Crippen LogP contribution in [0.15, 0.2) is 200 Å². The number of nitrogens with zero attached hydrogens (tertiary/aromatic N) is 2. The van der Waals surface area contributed by atoms with Gasteiger partial charge in [-0.05, 0) is 119 Å². The van der Waals surface area contributed by atoms with E-state index in [0.717, 1.165) is 17.1 Å². The van der Waals surface area contributed by atoms with Crippen LogP contribution in [0.25, 0.3) is 81.0 Å². The van der Waals surface area contributed by atoms with Crippen LogP contribution in [0.5, 0.6) is 0 Å². The molecule has 0 saturated carbocycles. The predicted octanol–water partition coefficient (Wildman–Crippen LogP) is 16.6. The summed E-state index contributed by atoms with van der Waals surface area (Å²) in [6.45, 7) is 6.87. The molecule has 9 aromatic carbocycles. The second kappa shape index (κ2) is 13.7. The van der Waals surface area contributed by atoms with Crippen molar-refractivity contribution in [2.24, 2.45) is 0 Å². The number of fused-ring (bicyclic) bond motifs is 9. The van der Waals surface area contributed by atoms with Crippen molar-refractivity contribution in [3.63, 3.8) is 0 Å². The van der Waals surface area contributed by atoms with Crippen molar-refractivity contribution < 1.29 is 0 Å². The van der Waals surface area contributed by atoms with Gasteiger partial charge in [0.25, 0.3) is 0 Å². The number of hydrogen-bond donors (Lipinski definition) is 0. The maximum atomic E-state index is 2.44. The Kier molecular flexibility index (Phi) is 8.01. The third-order valence-electron chi connectivity index (χ3n) is 13.1. The van der Waals surface area contributed by atoms with Crippen LogP contribution < -0.4 is 4.90 Å². The lowest BCUT2D eigenvalue weighted by Gasteiger charge is -2.27. The van der Waals surface area contributed by atoms with Crippen LogP contribution in [0, 0.1) is 6.92 Å². The Balaban J connectivity index is 0.992. The number of aryl methyl sites for hydroxylation is 1. The third kappa shape index (κ3) is 5.54. The summed E-state index contributed by atoms with van der Waals surface area (Å²) in [5.41, 5.74) is 18.4. The molecule has 1 aliphatic rings. The molecule has 0 unspecified atom stereocenters. The van der Waals surface area contributed by atoms with Crippen molar-refractivity contribution in [3.8, 4) is 39.1 Å². The molecule has 0 fully saturated rings. The first-order valence-corrected chi connectivity index (χ1v) is 22.0. The first kappa shape index (κ1) is 35.7. The molecule has 11 aromatic rings. The van der Waals surface area contributed by atoms with E-state index in [1.807, 2.05) is 11.3 Å². The number of rotatable bonds is 6. The van der Waals surface area contributed by atoms with Gasteiger partial charge in [0.05, 0.1) is 16.7 Å². The molecule has 0 saturated heterocycles. The highest BCUT2D eigenvalue weighted by atomic mass is 32.1. The van der Waals surface area contributed by atoms with E-state index < -0.39 is 0 Å². The van der Waals surface area contributed by atoms with E-state index in [2.05, 4.69) is 230 Å². The Labute approximate surface area is 360 Å². The zero-order valence-corrected chi connectivity index (χ0v) is 35.2. The molecule has 0 N–H and O–H groups in total. The van der Waals surface area contributed by atoms with E-state index >= 15 is 0 Å². The standard InChI is InChI=1S/C58H42N2S/c1-37-23-34-54-49(35-37)46-15-6-10-20-53(46)60(54)52-19-9-5-13-43(52)38-24-28-40(29-25-38)59(42-32-33-51-48(36-42)45-14-4-8-18-50(45)58(51,2)3)41-30-26-39(27-31-41)44-17-12-22-56-57(44)47-16-7-11-21-55(47)61-56/h4-36H,1-3H3. The summed E-state index contributed by atoms with van der Waals surface area (Å²) in [5.74, 6) is 0. The average molecular weight is 799 g/mol. The fourth-order valence-corrected chi connectivity index (χ4v) is 11.3. The van der Waals surface area contributed by atoms with Crippen LogP contribution in [0.4, 0.5) is 17.1 Å². The van der Waals surface area contributed by atoms with Gasteiger partial charge in [-0.1, -0.05) is 147 Å². The molecule has 0 aliphatic heterocycles. The SMILES string of the molecule is Cc1ccc2c(c1)c1ccccc1n2-c1ccccc1-c1ccc(N(c2ccc(-c3cccc4sc5ccccc5c34)cc2)c2ccc3c(c2)-c2ccccc2C3(C)C)cc1. The summed E-state index contributed by atoms with van der Waals surface area (Å²) in [6.07, 6.45) is 0. The smallest absolute Gasteiger partial charge is 0.0541 e. The summed E-state index contributed by atoms with van der Waals surface area (Å²) < 4.78 is 5.08. The van der Waals surface area contributed by atoms with Gasteiger partial charge in [-0.2, -0.15) is 0 Å². The van der Waals surface area contributed by atoms with Crippen molar-refractivity contribution in [1.82, 2.24) is 4.57 Å². The maximum absolute atomic E-state index is 2.44. The molecule has 290 valence electrons. The summed E-state index contributed by atoms with van der Waals surface area (Å²) >= 11 is 1.87. The van der Waals surface area contributed by atoms with Crippen LogP contribution in [0.1, 0.15) is 30.5 Å². The molecule has 0 amide bonds. The summed E-state index contributed by atoms with van der Waals surface area (Å²) in [4.78, 5) is 2.42. The average Bonchev–Trinajstić information content (AvgIpc) is 3.92. The quantitative estimate of drug-likeness (QED) is 0.163. The monoisotopic (exact) mass is 798 g/mol. The zero-order valence-electron chi connectivity index (χ0n) is 34.4. The Morgan fingerprint density at radius 3 is 1.82 bits per heavy atom. The largest absolute Gasteiger partial charge is 0.310 e. The fourth-order valence-electron chi connectivity index (χ4n) is 10.1. The van der Waals surface area contributed by atoms with Crippen LogP contribution in [-0.2, 0) is 5.41 Å². The molecular formula is C58H42N2S. The second-order valence-electron chi connectivity index (χ2n) is 17.0. The Hall–Kier alpha value is -7.20. The first-order chi connectivity index (χ1) is 29.9. The fraction of sp³-hybridized carbons (Fsp3) is 0.0690. The second-order valence-corrected chi connectivity index (χ2v) is 18.1. The minimum atomic E-state index is -0.0615. The highest BCUT2D eigenvalue weighted by Crippen LogP contribution is 2.51. The molecule has 2 aromatic heterocycles. The maximum Gasteiger partial charge on any atom is 0.0541 e. The Morgan fingerprint density at radius 1 is 0.426 bits per heavy atom. The van der Waals surface area contributed by atoms with Gasteiger partial charge in [0.1, 0.15) is 0 Å². The molecule has 0 bridgehead atoms. The number of aromatic nitrogens is 1. The number of thiophene rings is 1. The molecule has 0 atom stereocenters. The van der Waals surface area contributed by atoms with Crippen molar-refractivity contribution in [3.05, 3.63) is 217 Å². The van der Waals surface area contributed by atoms with Crippen LogP contribution >= 0.6 is 11.3 Å². The van der Waals surface area contributed by atoms with Gasteiger partial charge in [0, 0.05) is 59.0 Å². The lowest BCUT2D eigenvalue weighted by Crippen LogP contribution is -2.15. The van der Waals surface area contributed by atoms with E-state index in [4.69, 9.17) is 0 Å². The van der Waals surface area contributed by atoms with Gasteiger partial charge in [0.2, 0.25) is 0 Å². The molecule has 1 aliphatic carbocycles. The molecule has 0 radical (unpaired) electrons. The van der Waals surface area contributed by atoms with E-state index in [-0.39, 0.29) is 5.41 Å². The van der Waals surface area contributed by atoms with Gasteiger partial charge >= 0.3 is 0 Å². The number of para-hydroxylation sites is 2. The molecular weight excluding hydrogens is 757 g/mol. The summed E-state index contributed by atoms with van der Waals surface area (Å²) in [7, 11) is 0. The summed E-state index contributed by atoms with van der Waals surface area (Å²) in [5, 5.41) is 5.21. The third-order valence-corrected chi connectivity index (χ3v) is 14.2. The Morgan fingerprint density at radius 2 is 1.02 bits per heavy atom. The van der Waals surface area contributed by atoms with Crippen LogP contribution in [0.3, 0.4) is 0 Å². The minimum Gasteiger partial charge on any atom is -0.310 e. The normalized spacial score (nSPS) is 13.0. The number of hydrogen-bond acceptors (Lipinski definition) is 2. The minimum absolute atomic E-state index is 0.0615.